The van der Waals surface area contributed by atoms with E-state index in [1.54, 1.807) is 0 Å². The first-order valence-corrected chi connectivity index (χ1v) is 10.5. The fraction of sp³-hybridized carbons (Fsp3) is 0.391. The molecular formula is C23H25N3O4. The van der Waals surface area contributed by atoms with Crippen molar-refractivity contribution in [3.63, 3.8) is 0 Å². The van der Waals surface area contributed by atoms with Crippen LogP contribution in [0, 0.1) is 0 Å². The molecule has 0 radical (unpaired) electrons. The summed E-state index contributed by atoms with van der Waals surface area (Å²) in [5.41, 5.74) is 2.70. The number of aromatic nitrogens is 1. The highest BCUT2D eigenvalue weighted by Gasteiger charge is 2.28. The van der Waals surface area contributed by atoms with Crippen molar-refractivity contribution >= 4 is 17.1 Å². The normalized spacial score (nSPS) is 17.7. The molecule has 0 saturated carbocycles. The fourth-order valence-corrected chi connectivity index (χ4v) is 4.08. The zero-order valence-corrected chi connectivity index (χ0v) is 17.0. The Balaban J connectivity index is 1.18. The summed E-state index contributed by atoms with van der Waals surface area (Å²) in [5.74, 6) is 2.52. The van der Waals surface area contributed by atoms with Gasteiger partial charge in [-0.15, -0.1) is 0 Å². The number of fused-ring (bicyclic) bond motifs is 2. The van der Waals surface area contributed by atoms with E-state index in [-0.39, 0.29) is 18.0 Å². The first-order chi connectivity index (χ1) is 14.7. The van der Waals surface area contributed by atoms with Gasteiger partial charge in [-0.1, -0.05) is 18.2 Å². The topological polar surface area (TPSA) is 76.8 Å². The molecule has 3 aromatic rings. The Kier molecular flexibility index (Phi) is 4.94. The molecule has 0 bridgehead atoms. The van der Waals surface area contributed by atoms with Crippen LogP contribution in [0.2, 0.25) is 0 Å². The maximum absolute atomic E-state index is 12.8. The number of amides is 2. The molecule has 1 aromatic heterocycles. The van der Waals surface area contributed by atoms with Crippen molar-refractivity contribution in [1.29, 1.82) is 0 Å². The van der Waals surface area contributed by atoms with Crippen molar-refractivity contribution in [2.45, 2.75) is 31.7 Å². The molecule has 30 heavy (non-hydrogen) atoms. The maximum Gasteiger partial charge on any atom is 0.317 e. The molecule has 1 atom stereocenters. The molecule has 3 heterocycles. The van der Waals surface area contributed by atoms with E-state index in [0.29, 0.717) is 26.3 Å². The van der Waals surface area contributed by atoms with Crippen LogP contribution in [0.15, 0.2) is 46.9 Å². The van der Waals surface area contributed by atoms with E-state index >= 15 is 0 Å². The number of carbonyl (C=O) groups excluding carboxylic acids is 1. The Morgan fingerprint density at radius 2 is 1.87 bits per heavy atom. The van der Waals surface area contributed by atoms with Crippen LogP contribution >= 0.6 is 0 Å². The molecule has 1 fully saturated rings. The standard InChI is InChI=1S/C23H25N3O4/c1-15(17-6-7-20-21(14-17)29-13-12-28-20)24-23(27)26-10-8-16(9-11-26)22-25-18-4-2-3-5-19(18)30-22/h2-7,14-16H,8-13H2,1H3,(H,24,27). The Labute approximate surface area is 175 Å². The second-order valence-electron chi connectivity index (χ2n) is 7.86. The van der Waals surface area contributed by atoms with Gasteiger partial charge in [0.05, 0.1) is 6.04 Å². The van der Waals surface area contributed by atoms with E-state index in [1.165, 1.54) is 0 Å². The predicted molar refractivity (Wildman–Crippen MR) is 112 cm³/mol. The fourth-order valence-electron chi connectivity index (χ4n) is 4.08. The summed E-state index contributed by atoms with van der Waals surface area (Å²) in [6.45, 7) is 4.46. The highest BCUT2D eigenvalue weighted by Crippen LogP contribution is 2.33. The zero-order chi connectivity index (χ0) is 20.5. The van der Waals surface area contributed by atoms with E-state index in [4.69, 9.17) is 13.9 Å². The molecule has 5 rings (SSSR count). The van der Waals surface area contributed by atoms with Gasteiger partial charge in [0, 0.05) is 19.0 Å². The first kappa shape index (κ1) is 18.8. The molecule has 1 saturated heterocycles. The summed E-state index contributed by atoms with van der Waals surface area (Å²) in [5, 5.41) is 3.10. The number of hydrogen-bond donors (Lipinski definition) is 1. The number of hydrogen-bond acceptors (Lipinski definition) is 5. The van der Waals surface area contributed by atoms with Crippen LogP contribution in [-0.2, 0) is 0 Å². The lowest BCUT2D eigenvalue weighted by Gasteiger charge is -2.31. The van der Waals surface area contributed by atoms with Crippen molar-refractivity contribution in [2.75, 3.05) is 26.3 Å². The van der Waals surface area contributed by atoms with Crippen molar-refractivity contribution in [1.82, 2.24) is 15.2 Å². The molecule has 2 aliphatic rings. The van der Waals surface area contributed by atoms with E-state index in [9.17, 15) is 4.79 Å². The van der Waals surface area contributed by atoms with Gasteiger partial charge < -0.3 is 24.1 Å². The van der Waals surface area contributed by atoms with Crippen LogP contribution in [0.25, 0.3) is 11.1 Å². The number of urea groups is 1. The first-order valence-electron chi connectivity index (χ1n) is 10.5. The van der Waals surface area contributed by atoms with Crippen LogP contribution in [0.3, 0.4) is 0 Å². The number of benzene rings is 2. The summed E-state index contributed by atoms with van der Waals surface area (Å²) in [6, 6.07) is 13.5. The van der Waals surface area contributed by atoms with Crippen LogP contribution in [0.4, 0.5) is 4.79 Å². The van der Waals surface area contributed by atoms with Gasteiger partial charge in [-0.3, -0.25) is 0 Å². The second-order valence-corrected chi connectivity index (χ2v) is 7.86. The Morgan fingerprint density at radius 1 is 1.10 bits per heavy atom. The van der Waals surface area contributed by atoms with Gasteiger partial charge in [-0.2, -0.15) is 0 Å². The SMILES string of the molecule is CC(NC(=O)N1CCC(c2nc3ccccc3o2)CC1)c1ccc2c(c1)OCCO2. The third kappa shape index (κ3) is 3.67. The quantitative estimate of drug-likeness (QED) is 0.702. The number of rotatable bonds is 3. The lowest BCUT2D eigenvalue weighted by molar-refractivity contribution is 0.170. The summed E-state index contributed by atoms with van der Waals surface area (Å²) in [4.78, 5) is 19.3. The molecule has 2 aliphatic heterocycles. The molecule has 0 spiro atoms. The average molecular weight is 407 g/mol. The van der Waals surface area contributed by atoms with E-state index in [1.807, 2.05) is 54.3 Å². The van der Waals surface area contributed by atoms with Crippen molar-refractivity contribution in [3.8, 4) is 11.5 Å². The van der Waals surface area contributed by atoms with E-state index < -0.39 is 0 Å². The maximum atomic E-state index is 12.8. The third-order valence-corrected chi connectivity index (χ3v) is 5.85. The van der Waals surface area contributed by atoms with Gasteiger partial charge in [0.1, 0.15) is 18.7 Å². The Hall–Kier alpha value is -3.22. The van der Waals surface area contributed by atoms with Gasteiger partial charge in [-0.25, -0.2) is 9.78 Å². The summed E-state index contributed by atoms with van der Waals surface area (Å²) in [6.07, 6.45) is 1.69. The number of oxazole rings is 1. The highest BCUT2D eigenvalue weighted by molar-refractivity contribution is 5.75. The number of ether oxygens (including phenoxy) is 2. The molecule has 1 N–H and O–H groups in total. The molecule has 2 amide bonds. The number of piperidine rings is 1. The third-order valence-electron chi connectivity index (χ3n) is 5.85. The molecule has 0 aliphatic carbocycles. The van der Waals surface area contributed by atoms with Crippen molar-refractivity contribution in [3.05, 3.63) is 53.9 Å². The van der Waals surface area contributed by atoms with E-state index in [0.717, 1.165) is 46.9 Å². The van der Waals surface area contributed by atoms with Gasteiger partial charge >= 0.3 is 6.03 Å². The minimum absolute atomic E-state index is 0.0478. The average Bonchev–Trinajstić information content (AvgIpc) is 3.23. The summed E-state index contributed by atoms with van der Waals surface area (Å²) in [7, 11) is 0. The molecule has 7 nitrogen and oxygen atoms in total. The molecule has 7 heteroatoms. The minimum Gasteiger partial charge on any atom is -0.486 e. The van der Waals surface area contributed by atoms with Gasteiger partial charge in [0.15, 0.2) is 23.0 Å². The Bertz CT molecular complexity index is 1020. The molecule has 156 valence electrons. The van der Waals surface area contributed by atoms with Gasteiger partial charge in [-0.05, 0) is 49.6 Å². The molecular weight excluding hydrogens is 382 g/mol. The number of nitrogens with zero attached hydrogens (tertiary/aromatic N) is 2. The number of nitrogens with one attached hydrogen (secondary N) is 1. The van der Waals surface area contributed by atoms with Crippen LogP contribution in [-0.4, -0.2) is 42.2 Å². The number of carbonyl (C=O) groups is 1. The minimum atomic E-state index is -0.122. The lowest BCUT2D eigenvalue weighted by Crippen LogP contribution is -2.44. The van der Waals surface area contributed by atoms with Crippen LogP contribution in [0.1, 0.15) is 43.2 Å². The lowest BCUT2D eigenvalue weighted by atomic mass is 9.97. The largest absolute Gasteiger partial charge is 0.486 e. The smallest absolute Gasteiger partial charge is 0.317 e. The van der Waals surface area contributed by atoms with E-state index in [2.05, 4.69) is 10.3 Å². The second kappa shape index (κ2) is 7.89. The summed E-state index contributed by atoms with van der Waals surface area (Å²) >= 11 is 0. The Morgan fingerprint density at radius 3 is 2.67 bits per heavy atom. The number of likely N-dealkylation sites (tertiary alicyclic amines) is 1. The van der Waals surface area contributed by atoms with Crippen molar-refractivity contribution < 1.29 is 18.7 Å². The summed E-state index contributed by atoms with van der Waals surface area (Å²) < 4.78 is 17.1. The van der Waals surface area contributed by atoms with Crippen LogP contribution < -0.4 is 14.8 Å². The number of para-hydroxylation sites is 2. The van der Waals surface area contributed by atoms with Gasteiger partial charge in [0.2, 0.25) is 0 Å². The molecule has 2 aromatic carbocycles. The van der Waals surface area contributed by atoms with Crippen molar-refractivity contribution in [2.24, 2.45) is 0 Å². The van der Waals surface area contributed by atoms with Gasteiger partial charge in [0.25, 0.3) is 0 Å². The van der Waals surface area contributed by atoms with Crippen LogP contribution in [0.5, 0.6) is 11.5 Å². The predicted octanol–water partition coefficient (Wildman–Crippen LogP) is 4.25. The monoisotopic (exact) mass is 407 g/mol. The molecule has 1 unspecified atom stereocenters. The highest BCUT2D eigenvalue weighted by atomic mass is 16.6. The zero-order valence-electron chi connectivity index (χ0n) is 17.0.